The third-order valence-electron chi connectivity index (χ3n) is 4.68. The lowest BCUT2D eigenvalue weighted by atomic mass is 10.1. The first-order valence-corrected chi connectivity index (χ1v) is 9.15. The van der Waals surface area contributed by atoms with Crippen molar-refractivity contribution in [3.63, 3.8) is 0 Å². The quantitative estimate of drug-likeness (QED) is 0.644. The second-order valence-electron chi connectivity index (χ2n) is 6.59. The van der Waals surface area contributed by atoms with Gasteiger partial charge in [0.05, 0.1) is 20.3 Å². The first kappa shape index (κ1) is 24.7. The van der Waals surface area contributed by atoms with Crippen molar-refractivity contribution in [2.75, 3.05) is 40.0 Å². The van der Waals surface area contributed by atoms with Gasteiger partial charge in [0.25, 0.3) is 0 Å². The number of nitrogens with zero attached hydrogens (tertiary/aromatic N) is 1. The van der Waals surface area contributed by atoms with Gasteiger partial charge in [-0.05, 0) is 48.4 Å². The fraction of sp³-hybridized carbons (Fsp3) is 0.429. The number of rotatable bonds is 8. The molecule has 0 spiro atoms. The van der Waals surface area contributed by atoms with E-state index in [1.54, 1.807) is 7.11 Å². The highest BCUT2D eigenvalue weighted by Crippen LogP contribution is 2.22. The lowest BCUT2D eigenvalue weighted by molar-refractivity contribution is 0.0339. The molecule has 2 aromatic carbocycles. The SMILES string of the molecule is COc1ccc(CNCCc2ccc(F)cc2)cc1CN1CCOCC1.Cl.Cl. The van der Waals surface area contributed by atoms with Crippen molar-refractivity contribution >= 4 is 24.8 Å². The minimum Gasteiger partial charge on any atom is -0.496 e. The Morgan fingerprint density at radius 1 is 1.04 bits per heavy atom. The molecule has 2 aromatic rings. The summed E-state index contributed by atoms with van der Waals surface area (Å²) >= 11 is 0. The molecule has 4 nitrogen and oxygen atoms in total. The topological polar surface area (TPSA) is 33.7 Å². The van der Waals surface area contributed by atoms with E-state index in [4.69, 9.17) is 9.47 Å². The Morgan fingerprint density at radius 2 is 1.71 bits per heavy atom. The number of hydrogen-bond acceptors (Lipinski definition) is 4. The Labute approximate surface area is 179 Å². The van der Waals surface area contributed by atoms with Crippen LogP contribution in [-0.2, 0) is 24.2 Å². The molecule has 3 rings (SSSR count). The third-order valence-corrected chi connectivity index (χ3v) is 4.68. The van der Waals surface area contributed by atoms with Crippen LogP contribution in [0.15, 0.2) is 42.5 Å². The van der Waals surface area contributed by atoms with Gasteiger partial charge in [0.15, 0.2) is 0 Å². The number of nitrogens with one attached hydrogen (secondary N) is 1. The molecule has 1 heterocycles. The normalized spacial score (nSPS) is 14.1. The molecule has 1 aliphatic heterocycles. The van der Waals surface area contributed by atoms with E-state index in [0.29, 0.717) is 0 Å². The van der Waals surface area contributed by atoms with Gasteiger partial charge in [-0.2, -0.15) is 0 Å². The molecule has 1 saturated heterocycles. The molecular formula is C21H29Cl2FN2O2. The van der Waals surface area contributed by atoms with Crippen LogP contribution >= 0.6 is 24.8 Å². The Hall–Kier alpha value is -1.37. The van der Waals surface area contributed by atoms with E-state index in [-0.39, 0.29) is 30.6 Å². The summed E-state index contributed by atoms with van der Waals surface area (Å²) in [5.41, 5.74) is 3.60. The number of ether oxygens (including phenoxy) is 2. The van der Waals surface area contributed by atoms with Crippen molar-refractivity contribution in [1.29, 1.82) is 0 Å². The number of halogens is 3. The maximum Gasteiger partial charge on any atom is 0.123 e. The Bertz CT molecular complexity index is 695. The van der Waals surface area contributed by atoms with Crippen LogP contribution in [0, 0.1) is 5.82 Å². The van der Waals surface area contributed by atoms with Crippen LogP contribution in [0.2, 0.25) is 0 Å². The number of morpholine rings is 1. The van der Waals surface area contributed by atoms with Crippen molar-refractivity contribution in [3.8, 4) is 5.75 Å². The predicted octanol–water partition coefficient (Wildman–Crippen LogP) is 3.84. The van der Waals surface area contributed by atoms with E-state index >= 15 is 0 Å². The molecule has 156 valence electrons. The molecule has 1 aliphatic rings. The second-order valence-corrected chi connectivity index (χ2v) is 6.59. The van der Waals surface area contributed by atoms with E-state index in [2.05, 4.69) is 22.3 Å². The first-order valence-electron chi connectivity index (χ1n) is 9.15. The molecule has 0 unspecified atom stereocenters. The number of methoxy groups -OCH3 is 1. The zero-order valence-corrected chi connectivity index (χ0v) is 17.8. The molecule has 7 heteroatoms. The van der Waals surface area contributed by atoms with Gasteiger partial charge in [0.1, 0.15) is 11.6 Å². The van der Waals surface area contributed by atoms with Crippen molar-refractivity contribution in [3.05, 3.63) is 65.0 Å². The molecule has 0 amide bonds. The van der Waals surface area contributed by atoms with Crippen molar-refractivity contribution < 1.29 is 13.9 Å². The Morgan fingerprint density at radius 3 is 2.39 bits per heavy atom. The highest BCUT2D eigenvalue weighted by atomic mass is 35.5. The average Bonchev–Trinajstić information content (AvgIpc) is 2.68. The molecule has 0 radical (unpaired) electrons. The standard InChI is InChI=1S/C21H27FN2O2.2ClH/c1-25-21-7-4-18(14-19(21)16-24-10-12-26-13-11-24)15-23-9-8-17-2-5-20(22)6-3-17;;/h2-7,14,23H,8-13,15-16H2,1H3;2*1H. The summed E-state index contributed by atoms with van der Waals surface area (Å²) in [6.45, 7) is 6.07. The largest absolute Gasteiger partial charge is 0.496 e. The Kier molecular flexibility index (Phi) is 11.4. The average molecular weight is 431 g/mol. The molecule has 0 bridgehead atoms. The van der Waals surface area contributed by atoms with Crippen molar-refractivity contribution in [1.82, 2.24) is 10.2 Å². The summed E-state index contributed by atoms with van der Waals surface area (Å²) in [7, 11) is 1.72. The zero-order chi connectivity index (χ0) is 18.2. The molecule has 0 aliphatic carbocycles. The maximum absolute atomic E-state index is 12.9. The summed E-state index contributed by atoms with van der Waals surface area (Å²) in [4.78, 5) is 2.40. The molecule has 28 heavy (non-hydrogen) atoms. The van der Waals surface area contributed by atoms with Crippen LogP contribution in [0.3, 0.4) is 0 Å². The molecule has 1 N–H and O–H groups in total. The smallest absolute Gasteiger partial charge is 0.123 e. The van der Waals surface area contributed by atoms with Gasteiger partial charge < -0.3 is 14.8 Å². The number of benzene rings is 2. The summed E-state index contributed by atoms with van der Waals surface area (Å²) in [6.07, 6.45) is 0.886. The fourth-order valence-electron chi connectivity index (χ4n) is 3.18. The van der Waals surface area contributed by atoms with Crippen LogP contribution in [0.25, 0.3) is 0 Å². The van der Waals surface area contributed by atoms with Gasteiger partial charge in [-0.3, -0.25) is 4.90 Å². The molecule has 0 saturated carbocycles. The van der Waals surface area contributed by atoms with Gasteiger partial charge >= 0.3 is 0 Å². The van der Waals surface area contributed by atoms with Gasteiger partial charge in [-0.25, -0.2) is 4.39 Å². The van der Waals surface area contributed by atoms with E-state index in [9.17, 15) is 4.39 Å². The fourth-order valence-corrected chi connectivity index (χ4v) is 3.18. The van der Waals surface area contributed by atoms with Crippen LogP contribution in [0.4, 0.5) is 4.39 Å². The predicted molar refractivity (Wildman–Crippen MR) is 115 cm³/mol. The highest BCUT2D eigenvalue weighted by molar-refractivity contribution is 5.85. The summed E-state index contributed by atoms with van der Waals surface area (Å²) in [5.74, 6) is 0.749. The van der Waals surface area contributed by atoms with Crippen LogP contribution < -0.4 is 10.1 Å². The van der Waals surface area contributed by atoms with E-state index in [0.717, 1.165) is 63.7 Å². The summed E-state index contributed by atoms with van der Waals surface area (Å²) in [6, 6.07) is 13.1. The third kappa shape index (κ3) is 7.57. The van der Waals surface area contributed by atoms with E-state index in [1.165, 1.54) is 23.3 Å². The van der Waals surface area contributed by atoms with Crippen LogP contribution in [-0.4, -0.2) is 44.9 Å². The summed E-state index contributed by atoms with van der Waals surface area (Å²) < 4.78 is 23.9. The van der Waals surface area contributed by atoms with Gasteiger partial charge in [0.2, 0.25) is 0 Å². The maximum atomic E-state index is 12.9. The molecule has 0 atom stereocenters. The lowest BCUT2D eigenvalue weighted by Crippen LogP contribution is -2.35. The van der Waals surface area contributed by atoms with Crippen molar-refractivity contribution in [2.45, 2.75) is 19.5 Å². The monoisotopic (exact) mass is 430 g/mol. The number of hydrogen-bond donors (Lipinski definition) is 1. The van der Waals surface area contributed by atoms with Crippen molar-refractivity contribution in [2.24, 2.45) is 0 Å². The van der Waals surface area contributed by atoms with Gasteiger partial charge in [0, 0.05) is 31.7 Å². The molecule has 1 fully saturated rings. The van der Waals surface area contributed by atoms with Gasteiger partial charge in [-0.15, -0.1) is 24.8 Å². The zero-order valence-electron chi connectivity index (χ0n) is 16.2. The lowest BCUT2D eigenvalue weighted by Gasteiger charge is -2.27. The Balaban J connectivity index is 0.00000196. The van der Waals surface area contributed by atoms with Gasteiger partial charge in [-0.1, -0.05) is 18.2 Å². The molecular weight excluding hydrogens is 402 g/mol. The minimum atomic E-state index is -0.187. The molecule has 0 aromatic heterocycles. The minimum absolute atomic E-state index is 0. The highest BCUT2D eigenvalue weighted by Gasteiger charge is 2.13. The summed E-state index contributed by atoms with van der Waals surface area (Å²) in [5, 5.41) is 3.46. The van der Waals surface area contributed by atoms with Crippen LogP contribution in [0.5, 0.6) is 5.75 Å². The van der Waals surface area contributed by atoms with E-state index < -0.39 is 0 Å². The van der Waals surface area contributed by atoms with Crippen LogP contribution in [0.1, 0.15) is 16.7 Å². The second kappa shape index (κ2) is 13.0. The van der Waals surface area contributed by atoms with E-state index in [1.807, 2.05) is 18.2 Å². The first-order chi connectivity index (χ1) is 12.7.